The average Bonchev–Trinajstić information content (AvgIpc) is 3.04. The Morgan fingerprint density at radius 2 is 2.28 bits per heavy atom. The van der Waals surface area contributed by atoms with Crippen molar-refractivity contribution in [3.63, 3.8) is 0 Å². The van der Waals surface area contributed by atoms with E-state index in [4.69, 9.17) is 9.47 Å². The lowest BCUT2D eigenvalue weighted by molar-refractivity contribution is -0.151. The number of halogens is 1. The van der Waals surface area contributed by atoms with E-state index in [0.717, 1.165) is 24.8 Å². The van der Waals surface area contributed by atoms with Gasteiger partial charge in [-0.05, 0) is 49.8 Å². The van der Waals surface area contributed by atoms with E-state index in [1.165, 1.54) is 23.1 Å². The summed E-state index contributed by atoms with van der Waals surface area (Å²) in [6.45, 7) is 3.48. The Bertz CT molecular complexity index is 1120. The maximum atomic E-state index is 13.2. The SMILES string of the molecule is C[C@@H]1CCc2c(sc3nc([C@H](C)OC(=O)COc4cccc(F)c4)[nH]c(=O)c23)C1. The number of rotatable bonds is 5. The Hall–Kier alpha value is -2.74. The quantitative estimate of drug-likeness (QED) is 0.638. The van der Waals surface area contributed by atoms with Crippen molar-refractivity contribution in [3.8, 4) is 5.75 Å². The molecule has 0 saturated heterocycles. The van der Waals surface area contributed by atoms with Gasteiger partial charge in [0, 0.05) is 10.9 Å². The summed E-state index contributed by atoms with van der Waals surface area (Å²) in [6.07, 6.45) is 2.18. The van der Waals surface area contributed by atoms with E-state index < -0.39 is 17.9 Å². The number of carbonyl (C=O) groups is 1. The van der Waals surface area contributed by atoms with Gasteiger partial charge in [-0.1, -0.05) is 13.0 Å². The lowest BCUT2D eigenvalue weighted by Gasteiger charge is -2.17. The van der Waals surface area contributed by atoms with Gasteiger partial charge in [0.05, 0.1) is 5.39 Å². The van der Waals surface area contributed by atoms with E-state index >= 15 is 0 Å². The van der Waals surface area contributed by atoms with Crippen molar-refractivity contribution >= 4 is 27.5 Å². The first kappa shape index (κ1) is 19.6. The molecule has 152 valence electrons. The number of ether oxygens (including phenoxy) is 2. The highest BCUT2D eigenvalue weighted by Gasteiger charge is 2.24. The van der Waals surface area contributed by atoms with Gasteiger partial charge in [0.1, 0.15) is 16.4 Å². The minimum Gasteiger partial charge on any atom is -0.482 e. The number of carbonyl (C=O) groups excluding carboxylic acids is 1. The predicted molar refractivity (Wildman–Crippen MR) is 108 cm³/mol. The zero-order valence-corrected chi connectivity index (χ0v) is 17.0. The number of H-pyrrole nitrogens is 1. The lowest BCUT2D eigenvalue weighted by atomic mass is 9.89. The first-order valence-corrected chi connectivity index (χ1v) is 10.3. The Labute approximate surface area is 170 Å². The fourth-order valence-electron chi connectivity index (χ4n) is 3.54. The van der Waals surface area contributed by atoms with Crippen LogP contribution in [0.5, 0.6) is 5.75 Å². The van der Waals surface area contributed by atoms with Crippen LogP contribution in [0.1, 0.15) is 42.6 Å². The summed E-state index contributed by atoms with van der Waals surface area (Å²) in [5, 5.41) is 0.661. The van der Waals surface area contributed by atoms with Gasteiger partial charge in [-0.15, -0.1) is 11.3 Å². The summed E-state index contributed by atoms with van der Waals surface area (Å²) >= 11 is 1.55. The topological polar surface area (TPSA) is 81.3 Å². The molecular formula is C21H21FN2O4S. The van der Waals surface area contributed by atoms with Gasteiger partial charge < -0.3 is 14.5 Å². The average molecular weight is 416 g/mol. The van der Waals surface area contributed by atoms with E-state index in [1.54, 1.807) is 24.3 Å². The first-order chi connectivity index (χ1) is 13.9. The van der Waals surface area contributed by atoms with Crippen LogP contribution in [0.15, 0.2) is 29.1 Å². The van der Waals surface area contributed by atoms with Crippen LogP contribution >= 0.6 is 11.3 Å². The van der Waals surface area contributed by atoms with Crippen LogP contribution in [-0.4, -0.2) is 22.5 Å². The third-order valence-corrected chi connectivity index (χ3v) is 6.18. The number of nitrogens with one attached hydrogen (secondary N) is 1. The highest BCUT2D eigenvalue weighted by molar-refractivity contribution is 7.18. The van der Waals surface area contributed by atoms with Crippen LogP contribution in [0, 0.1) is 11.7 Å². The fraction of sp³-hybridized carbons (Fsp3) is 0.381. The van der Waals surface area contributed by atoms with E-state index in [2.05, 4.69) is 16.9 Å². The zero-order valence-electron chi connectivity index (χ0n) is 16.2. The van der Waals surface area contributed by atoms with Crippen molar-refractivity contribution in [3.05, 3.63) is 56.7 Å². The summed E-state index contributed by atoms with van der Waals surface area (Å²) in [6, 6.07) is 5.51. The van der Waals surface area contributed by atoms with Crippen molar-refractivity contribution in [1.82, 2.24) is 9.97 Å². The largest absolute Gasteiger partial charge is 0.482 e. The second-order valence-corrected chi connectivity index (χ2v) is 8.44. The number of nitrogens with zero attached hydrogens (tertiary/aromatic N) is 1. The van der Waals surface area contributed by atoms with Crippen LogP contribution in [0.2, 0.25) is 0 Å². The number of thiophene rings is 1. The van der Waals surface area contributed by atoms with Crippen molar-refractivity contribution in [2.24, 2.45) is 5.92 Å². The van der Waals surface area contributed by atoms with E-state index in [1.807, 2.05) is 0 Å². The monoisotopic (exact) mass is 416 g/mol. The third-order valence-electron chi connectivity index (χ3n) is 5.03. The zero-order chi connectivity index (χ0) is 20.5. The molecule has 0 spiro atoms. The molecule has 2 atom stereocenters. The molecule has 4 rings (SSSR count). The van der Waals surface area contributed by atoms with Gasteiger partial charge in [-0.2, -0.15) is 0 Å². The molecule has 6 nitrogen and oxygen atoms in total. The molecule has 0 bridgehead atoms. The molecule has 0 fully saturated rings. The molecule has 2 aromatic heterocycles. The molecular weight excluding hydrogens is 395 g/mol. The second kappa shape index (κ2) is 7.94. The van der Waals surface area contributed by atoms with Gasteiger partial charge >= 0.3 is 5.97 Å². The summed E-state index contributed by atoms with van der Waals surface area (Å²) in [4.78, 5) is 33.9. The smallest absolute Gasteiger partial charge is 0.344 e. The highest BCUT2D eigenvalue weighted by atomic mass is 32.1. The number of hydrogen-bond acceptors (Lipinski definition) is 6. The number of aryl methyl sites for hydroxylation is 1. The molecule has 0 amide bonds. The molecule has 1 aromatic carbocycles. The molecule has 1 aliphatic carbocycles. The molecule has 0 unspecified atom stereocenters. The van der Waals surface area contributed by atoms with Crippen molar-refractivity contribution in [1.29, 1.82) is 0 Å². The molecule has 8 heteroatoms. The van der Waals surface area contributed by atoms with Gasteiger partial charge in [0.25, 0.3) is 5.56 Å². The molecule has 3 aromatic rings. The molecule has 1 N–H and O–H groups in total. The Kier molecular flexibility index (Phi) is 5.36. The summed E-state index contributed by atoms with van der Waals surface area (Å²) in [5.41, 5.74) is 0.910. The molecule has 1 aliphatic rings. The maximum absolute atomic E-state index is 13.2. The summed E-state index contributed by atoms with van der Waals surface area (Å²) in [7, 11) is 0. The summed E-state index contributed by atoms with van der Waals surface area (Å²) < 4.78 is 23.7. The number of benzene rings is 1. The molecule has 0 radical (unpaired) electrons. The first-order valence-electron chi connectivity index (χ1n) is 9.53. The van der Waals surface area contributed by atoms with Gasteiger partial charge in [0.2, 0.25) is 0 Å². The van der Waals surface area contributed by atoms with E-state index in [9.17, 15) is 14.0 Å². The van der Waals surface area contributed by atoms with Crippen LogP contribution in [0.4, 0.5) is 4.39 Å². The minimum atomic E-state index is -0.742. The minimum absolute atomic E-state index is 0.198. The van der Waals surface area contributed by atoms with Gasteiger partial charge in [-0.25, -0.2) is 14.2 Å². The summed E-state index contributed by atoms with van der Waals surface area (Å²) in [5.74, 6) is 0.0532. The fourth-order valence-corrected chi connectivity index (χ4v) is 4.93. The van der Waals surface area contributed by atoms with Gasteiger partial charge in [0.15, 0.2) is 18.5 Å². The lowest BCUT2D eigenvalue weighted by Crippen LogP contribution is -2.21. The molecule has 2 heterocycles. The third kappa shape index (κ3) is 4.17. The normalized spacial score (nSPS) is 17.0. The van der Waals surface area contributed by atoms with Crippen LogP contribution in [0.25, 0.3) is 10.2 Å². The molecule has 0 aliphatic heterocycles. The molecule has 29 heavy (non-hydrogen) atoms. The van der Waals surface area contributed by atoms with Crippen molar-refractivity contribution < 1.29 is 18.7 Å². The Morgan fingerprint density at radius 1 is 1.45 bits per heavy atom. The van der Waals surface area contributed by atoms with Crippen LogP contribution in [-0.2, 0) is 22.4 Å². The number of hydrogen-bond donors (Lipinski definition) is 1. The van der Waals surface area contributed by atoms with Gasteiger partial charge in [-0.3, -0.25) is 4.79 Å². The Morgan fingerprint density at radius 3 is 3.07 bits per heavy atom. The van der Waals surface area contributed by atoms with Crippen LogP contribution < -0.4 is 10.3 Å². The Balaban J connectivity index is 1.47. The number of aromatic amines is 1. The number of aromatic nitrogens is 2. The standard InChI is InChI=1S/C21H21FN2O4S/c1-11-6-7-15-16(8-11)29-21-18(15)20(26)23-19(24-21)12(2)28-17(25)10-27-14-5-3-4-13(22)9-14/h3-5,9,11-12H,6-8,10H2,1-2H3,(H,23,24,26)/t11-,12+/m1/s1. The number of esters is 1. The highest BCUT2D eigenvalue weighted by Crippen LogP contribution is 2.35. The van der Waals surface area contributed by atoms with Crippen molar-refractivity contribution in [2.75, 3.05) is 6.61 Å². The van der Waals surface area contributed by atoms with Crippen LogP contribution in [0.3, 0.4) is 0 Å². The second-order valence-electron chi connectivity index (χ2n) is 7.36. The molecule has 0 saturated carbocycles. The van der Waals surface area contributed by atoms with Crippen molar-refractivity contribution in [2.45, 2.75) is 39.2 Å². The predicted octanol–water partition coefficient (Wildman–Crippen LogP) is 3.93. The van der Waals surface area contributed by atoms with E-state index in [0.29, 0.717) is 22.0 Å². The van der Waals surface area contributed by atoms with E-state index in [-0.39, 0.29) is 17.9 Å². The number of fused-ring (bicyclic) bond motifs is 3. The maximum Gasteiger partial charge on any atom is 0.344 e.